The number of benzene rings is 1. The van der Waals surface area contributed by atoms with Gasteiger partial charge in [-0.15, -0.1) is 0 Å². The number of aromatic amines is 1. The molecule has 0 saturated heterocycles. The van der Waals surface area contributed by atoms with Gasteiger partial charge in [0.2, 0.25) is 0 Å². The molecule has 0 aliphatic heterocycles. The Hall–Kier alpha value is -0.493. The maximum atomic E-state index is 10.9. The molecule has 0 bridgehead atoms. The van der Waals surface area contributed by atoms with Crippen molar-refractivity contribution in [2.45, 2.75) is 0 Å². The molecule has 0 atom stereocenters. The second kappa shape index (κ2) is 3.27. The summed E-state index contributed by atoms with van der Waals surface area (Å²) in [4.78, 5) is 10.9. The maximum absolute atomic E-state index is 10.9. The molecular formula is C7H6LiNOS. The van der Waals surface area contributed by atoms with Gasteiger partial charge in [0, 0.05) is 0 Å². The number of rotatable bonds is 0. The summed E-state index contributed by atoms with van der Waals surface area (Å²) < 4.78 is 3.68. The van der Waals surface area contributed by atoms with E-state index in [9.17, 15) is 4.79 Å². The molecule has 0 aliphatic rings. The van der Waals surface area contributed by atoms with Crippen LogP contribution in [0.4, 0.5) is 0 Å². The van der Waals surface area contributed by atoms with E-state index >= 15 is 0 Å². The summed E-state index contributed by atoms with van der Waals surface area (Å²) >= 11 is 1.38. The van der Waals surface area contributed by atoms with Crippen LogP contribution in [0, 0.1) is 0 Å². The third kappa shape index (κ3) is 1.41. The van der Waals surface area contributed by atoms with Gasteiger partial charge in [-0.3, -0.25) is 9.17 Å². The van der Waals surface area contributed by atoms with Gasteiger partial charge in [0.05, 0.1) is 10.1 Å². The van der Waals surface area contributed by atoms with Crippen LogP contribution >= 0.6 is 11.5 Å². The molecule has 1 N–H and O–H groups in total. The van der Waals surface area contributed by atoms with Crippen molar-refractivity contribution < 1.29 is 0 Å². The van der Waals surface area contributed by atoms with Crippen molar-refractivity contribution in [3.63, 3.8) is 0 Å². The third-order valence-electron chi connectivity index (χ3n) is 1.39. The number of aromatic nitrogens is 1. The van der Waals surface area contributed by atoms with Crippen LogP contribution in [0.5, 0.6) is 0 Å². The van der Waals surface area contributed by atoms with Gasteiger partial charge in [0.1, 0.15) is 0 Å². The Labute approximate surface area is 79.6 Å². The van der Waals surface area contributed by atoms with Gasteiger partial charge in [0.25, 0.3) is 5.56 Å². The van der Waals surface area contributed by atoms with E-state index in [1.54, 1.807) is 0 Å². The molecule has 0 saturated carbocycles. The fraction of sp³-hybridized carbons (Fsp3) is 0. The van der Waals surface area contributed by atoms with Crippen LogP contribution in [0.15, 0.2) is 29.1 Å². The van der Waals surface area contributed by atoms with Crippen molar-refractivity contribution in [2.24, 2.45) is 0 Å². The monoisotopic (exact) mass is 159 g/mol. The second-order valence-corrected chi connectivity index (χ2v) is 2.88. The summed E-state index contributed by atoms with van der Waals surface area (Å²) in [5.74, 6) is 0. The van der Waals surface area contributed by atoms with E-state index in [0.29, 0.717) is 0 Å². The summed E-state index contributed by atoms with van der Waals surface area (Å²) in [6, 6.07) is 7.54. The van der Waals surface area contributed by atoms with E-state index in [-0.39, 0.29) is 24.4 Å². The Morgan fingerprint density at radius 1 is 1.27 bits per heavy atom. The number of fused-ring (bicyclic) bond motifs is 1. The molecule has 0 spiro atoms. The first-order chi connectivity index (χ1) is 4.88. The summed E-state index contributed by atoms with van der Waals surface area (Å²) in [6.07, 6.45) is 0. The zero-order chi connectivity index (χ0) is 6.97. The minimum absolute atomic E-state index is 0. The fourth-order valence-electron chi connectivity index (χ4n) is 0.900. The molecule has 52 valence electrons. The normalized spacial score (nSPS) is 9.45. The van der Waals surface area contributed by atoms with E-state index in [1.807, 2.05) is 24.3 Å². The Balaban J connectivity index is 0.000000605. The molecule has 2 rings (SSSR count). The molecule has 4 heteroatoms. The molecule has 0 radical (unpaired) electrons. The van der Waals surface area contributed by atoms with Crippen LogP contribution in [0.3, 0.4) is 0 Å². The molecule has 0 aliphatic carbocycles. The second-order valence-electron chi connectivity index (χ2n) is 2.03. The Bertz CT molecular complexity index is 406. The van der Waals surface area contributed by atoms with Gasteiger partial charge in [0.15, 0.2) is 0 Å². The van der Waals surface area contributed by atoms with E-state index in [4.69, 9.17) is 0 Å². The molecular weight excluding hydrogens is 153 g/mol. The molecule has 0 amide bonds. The van der Waals surface area contributed by atoms with Gasteiger partial charge >= 0.3 is 18.9 Å². The van der Waals surface area contributed by atoms with Crippen molar-refractivity contribution in [2.75, 3.05) is 0 Å². The Kier molecular flexibility index (Phi) is 2.56. The fourth-order valence-corrected chi connectivity index (χ4v) is 1.63. The van der Waals surface area contributed by atoms with Crippen LogP contribution in [0.2, 0.25) is 0 Å². The van der Waals surface area contributed by atoms with E-state index in [0.717, 1.165) is 10.1 Å². The van der Waals surface area contributed by atoms with Crippen LogP contribution < -0.4 is 5.56 Å². The van der Waals surface area contributed by atoms with E-state index < -0.39 is 0 Å². The predicted octanol–water partition coefficient (Wildman–Crippen LogP) is 0.941. The topological polar surface area (TPSA) is 32.9 Å². The zero-order valence-corrected chi connectivity index (χ0v) is 5.94. The average Bonchev–Trinajstić information content (AvgIpc) is 2.34. The standard InChI is InChI=1S/C7H5NOS.Li.H/c9-7-5-3-1-2-4-6(5)10-8-7;;/h1-4H,(H,8,9);;. The number of hydrogen-bond acceptors (Lipinski definition) is 2. The Morgan fingerprint density at radius 2 is 2.00 bits per heavy atom. The summed E-state index contributed by atoms with van der Waals surface area (Å²) in [7, 11) is 0. The van der Waals surface area contributed by atoms with Crippen molar-refractivity contribution in [3.05, 3.63) is 34.6 Å². The van der Waals surface area contributed by atoms with Crippen LogP contribution in [0.25, 0.3) is 10.1 Å². The van der Waals surface area contributed by atoms with E-state index in [1.165, 1.54) is 11.5 Å². The first-order valence-corrected chi connectivity index (χ1v) is 3.76. The van der Waals surface area contributed by atoms with Crippen LogP contribution in [-0.4, -0.2) is 23.2 Å². The Morgan fingerprint density at radius 3 is 2.73 bits per heavy atom. The van der Waals surface area contributed by atoms with Crippen molar-refractivity contribution >= 4 is 40.5 Å². The molecule has 0 fully saturated rings. The van der Waals surface area contributed by atoms with Gasteiger partial charge in [-0.05, 0) is 12.1 Å². The summed E-state index contributed by atoms with van der Waals surface area (Å²) in [5.41, 5.74) is 0.0144. The molecule has 1 aromatic heterocycles. The van der Waals surface area contributed by atoms with Crippen molar-refractivity contribution in [3.8, 4) is 0 Å². The summed E-state index contributed by atoms with van der Waals surface area (Å²) in [5, 5.41) is 0.785. The number of hydrogen-bond donors (Lipinski definition) is 1. The molecule has 2 nitrogen and oxygen atoms in total. The zero-order valence-electron chi connectivity index (χ0n) is 5.13. The number of H-pyrrole nitrogens is 1. The molecule has 1 heterocycles. The summed E-state index contributed by atoms with van der Waals surface area (Å²) in [6.45, 7) is 0. The van der Waals surface area contributed by atoms with Gasteiger partial charge in [-0.25, -0.2) is 0 Å². The quantitative estimate of drug-likeness (QED) is 0.570. The molecule has 2 aromatic rings. The van der Waals surface area contributed by atoms with E-state index in [2.05, 4.69) is 4.37 Å². The van der Waals surface area contributed by atoms with Crippen molar-refractivity contribution in [1.29, 1.82) is 0 Å². The molecule has 11 heavy (non-hydrogen) atoms. The predicted molar refractivity (Wildman–Crippen MR) is 49.6 cm³/mol. The molecule has 0 unspecified atom stereocenters. The average molecular weight is 159 g/mol. The van der Waals surface area contributed by atoms with Crippen LogP contribution in [0.1, 0.15) is 0 Å². The minimum atomic E-state index is 0. The van der Waals surface area contributed by atoms with Crippen LogP contribution in [-0.2, 0) is 0 Å². The van der Waals surface area contributed by atoms with Crippen molar-refractivity contribution in [1.82, 2.24) is 4.37 Å². The third-order valence-corrected chi connectivity index (χ3v) is 2.25. The van der Waals surface area contributed by atoms with Gasteiger partial charge in [-0.1, -0.05) is 23.7 Å². The SMILES string of the molecule is O=c1[nH]sc2ccccc12.[LiH]. The first-order valence-electron chi connectivity index (χ1n) is 2.94. The molecule has 1 aromatic carbocycles. The number of nitrogens with one attached hydrogen (secondary N) is 1. The van der Waals surface area contributed by atoms with Gasteiger partial charge < -0.3 is 0 Å². The first kappa shape index (κ1) is 8.60. The van der Waals surface area contributed by atoms with Gasteiger partial charge in [-0.2, -0.15) is 0 Å².